The van der Waals surface area contributed by atoms with Gasteiger partial charge in [0.25, 0.3) is 10.0 Å². The Hall–Kier alpha value is -1.60. The van der Waals surface area contributed by atoms with E-state index in [4.69, 9.17) is 5.73 Å². The first-order chi connectivity index (χ1) is 8.00. The zero-order valence-electron chi connectivity index (χ0n) is 9.04. The van der Waals surface area contributed by atoms with Gasteiger partial charge in [-0.3, -0.25) is 4.72 Å². The van der Waals surface area contributed by atoms with Crippen molar-refractivity contribution >= 4 is 32.2 Å². The molecule has 0 saturated carbocycles. The molecule has 0 atom stereocenters. The van der Waals surface area contributed by atoms with Crippen molar-refractivity contribution in [1.29, 1.82) is 0 Å². The van der Waals surface area contributed by atoms with E-state index < -0.39 is 10.0 Å². The Balaban J connectivity index is 2.42. The first-order valence-corrected chi connectivity index (χ1v) is 7.14. The highest BCUT2D eigenvalue weighted by Crippen LogP contribution is 2.23. The molecule has 0 unspecified atom stereocenters. The number of sulfonamides is 1. The van der Waals surface area contributed by atoms with Gasteiger partial charge in [-0.25, -0.2) is 13.4 Å². The van der Waals surface area contributed by atoms with Crippen LogP contribution in [0.3, 0.4) is 0 Å². The number of benzene rings is 1. The summed E-state index contributed by atoms with van der Waals surface area (Å²) in [6.45, 7) is 1.67. The lowest BCUT2D eigenvalue weighted by Gasteiger charge is -2.09. The summed E-state index contributed by atoms with van der Waals surface area (Å²) in [6.07, 6.45) is 1.54. The molecular weight excluding hydrogens is 258 g/mol. The summed E-state index contributed by atoms with van der Waals surface area (Å²) in [4.78, 5) is 4.05. The predicted octanol–water partition coefficient (Wildman–Crippen LogP) is 1.83. The topological polar surface area (TPSA) is 85.1 Å². The van der Waals surface area contributed by atoms with Gasteiger partial charge in [0, 0.05) is 17.3 Å². The molecule has 17 heavy (non-hydrogen) atoms. The highest BCUT2D eigenvalue weighted by molar-refractivity contribution is 7.93. The van der Waals surface area contributed by atoms with Crippen molar-refractivity contribution in [1.82, 2.24) is 4.98 Å². The summed E-state index contributed by atoms with van der Waals surface area (Å²) < 4.78 is 26.6. The van der Waals surface area contributed by atoms with Gasteiger partial charge in [-0.2, -0.15) is 0 Å². The molecule has 7 heteroatoms. The molecule has 0 fully saturated rings. The van der Waals surface area contributed by atoms with Gasteiger partial charge in [0.1, 0.15) is 0 Å². The van der Waals surface area contributed by atoms with Crippen molar-refractivity contribution in [2.75, 3.05) is 10.5 Å². The van der Waals surface area contributed by atoms with E-state index in [9.17, 15) is 8.42 Å². The molecule has 5 nitrogen and oxygen atoms in total. The van der Waals surface area contributed by atoms with Crippen molar-refractivity contribution in [2.24, 2.45) is 0 Å². The normalized spacial score (nSPS) is 11.4. The molecule has 90 valence electrons. The average molecular weight is 269 g/mol. The number of rotatable bonds is 3. The minimum Gasteiger partial charge on any atom is -0.398 e. The molecule has 2 aromatic rings. The molecule has 1 aromatic heterocycles. The molecule has 0 spiro atoms. The number of nitrogens with two attached hydrogens (primary N) is 1. The van der Waals surface area contributed by atoms with Gasteiger partial charge in [0.05, 0.1) is 4.90 Å². The Labute approximate surface area is 103 Å². The van der Waals surface area contributed by atoms with E-state index in [1.807, 2.05) is 0 Å². The second-order valence-corrected chi connectivity index (χ2v) is 5.96. The zero-order valence-corrected chi connectivity index (χ0v) is 10.7. The highest BCUT2D eigenvalue weighted by Gasteiger charge is 2.18. The van der Waals surface area contributed by atoms with E-state index >= 15 is 0 Å². The van der Waals surface area contributed by atoms with Crippen LogP contribution in [0.1, 0.15) is 5.56 Å². The number of thiazole rings is 1. The standard InChI is InChI=1S/C10H11N3O2S2/c1-7-8(11)3-2-4-9(7)17(14,15)13-10-12-5-6-16-10/h2-6H,11H2,1H3,(H,12,13). The molecule has 1 aromatic carbocycles. The Morgan fingerprint density at radius 1 is 1.41 bits per heavy atom. The zero-order chi connectivity index (χ0) is 12.5. The van der Waals surface area contributed by atoms with Crippen molar-refractivity contribution in [3.8, 4) is 0 Å². The number of nitrogens with zero attached hydrogens (tertiary/aromatic N) is 1. The van der Waals surface area contributed by atoms with Crippen LogP contribution >= 0.6 is 11.3 Å². The van der Waals surface area contributed by atoms with Crippen molar-refractivity contribution in [3.05, 3.63) is 35.3 Å². The molecular formula is C10H11N3O2S2. The molecule has 0 amide bonds. The third-order valence-electron chi connectivity index (χ3n) is 2.27. The van der Waals surface area contributed by atoms with Crippen LogP contribution < -0.4 is 10.5 Å². The van der Waals surface area contributed by atoms with E-state index in [2.05, 4.69) is 9.71 Å². The van der Waals surface area contributed by atoms with E-state index in [1.54, 1.807) is 24.4 Å². The lowest BCUT2D eigenvalue weighted by molar-refractivity contribution is 0.600. The van der Waals surface area contributed by atoms with E-state index in [0.717, 1.165) is 0 Å². The number of nitrogens with one attached hydrogen (secondary N) is 1. The van der Waals surface area contributed by atoms with Crippen molar-refractivity contribution in [3.63, 3.8) is 0 Å². The molecule has 0 aliphatic rings. The maximum atomic E-state index is 12.1. The first-order valence-electron chi connectivity index (χ1n) is 4.78. The second-order valence-electron chi connectivity index (χ2n) is 3.41. The summed E-state index contributed by atoms with van der Waals surface area (Å²) in [7, 11) is -3.62. The molecule has 0 aliphatic heterocycles. The van der Waals surface area contributed by atoms with Crippen LogP contribution in [0.25, 0.3) is 0 Å². The van der Waals surface area contributed by atoms with Crippen LogP contribution in [-0.2, 0) is 10.0 Å². The molecule has 0 saturated heterocycles. The smallest absolute Gasteiger partial charge is 0.264 e. The van der Waals surface area contributed by atoms with E-state index in [0.29, 0.717) is 16.4 Å². The molecule has 0 aliphatic carbocycles. The first kappa shape index (κ1) is 11.9. The number of hydrogen-bond acceptors (Lipinski definition) is 5. The minimum absolute atomic E-state index is 0.174. The van der Waals surface area contributed by atoms with Crippen LogP contribution in [0, 0.1) is 6.92 Å². The number of nitrogen functional groups attached to an aromatic ring is 1. The van der Waals surface area contributed by atoms with E-state index in [1.165, 1.54) is 23.6 Å². The maximum Gasteiger partial charge on any atom is 0.264 e. The van der Waals surface area contributed by atoms with Gasteiger partial charge in [-0.15, -0.1) is 11.3 Å². The Morgan fingerprint density at radius 2 is 2.18 bits per heavy atom. The summed E-state index contributed by atoms with van der Waals surface area (Å²) in [5.41, 5.74) is 6.67. The number of hydrogen-bond donors (Lipinski definition) is 2. The van der Waals surface area contributed by atoms with Crippen molar-refractivity contribution < 1.29 is 8.42 Å². The minimum atomic E-state index is -3.62. The molecule has 3 N–H and O–H groups in total. The highest BCUT2D eigenvalue weighted by atomic mass is 32.2. The van der Waals surface area contributed by atoms with Gasteiger partial charge < -0.3 is 5.73 Å². The average Bonchev–Trinajstić information content (AvgIpc) is 2.73. The van der Waals surface area contributed by atoms with Gasteiger partial charge in [0.2, 0.25) is 0 Å². The van der Waals surface area contributed by atoms with Crippen LogP contribution in [-0.4, -0.2) is 13.4 Å². The SMILES string of the molecule is Cc1c(N)cccc1S(=O)(=O)Nc1nccs1. The number of anilines is 2. The lowest BCUT2D eigenvalue weighted by Crippen LogP contribution is -2.14. The summed E-state index contributed by atoms with van der Waals surface area (Å²) in [5, 5.41) is 2.04. The van der Waals surface area contributed by atoms with Gasteiger partial charge in [-0.05, 0) is 24.6 Å². The van der Waals surface area contributed by atoms with Gasteiger partial charge in [-0.1, -0.05) is 6.07 Å². The third-order valence-corrected chi connectivity index (χ3v) is 4.57. The van der Waals surface area contributed by atoms with Crippen LogP contribution in [0.2, 0.25) is 0 Å². The summed E-state index contributed by atoms with van der Waals surface area (Å²) >= 11 is 1.22. The van der Waals surface area contributed by atoms with Crippen LogP contribution in [0.5, 0.6) is 0 Å². The second kappa shape index (κ2) is 4.34. The molecule has 1 heterocycles. The monoisotopic (exact) mass is 269 g/mol. The molecule has 2 rings (SSSR count). The predicted molar refractivity (Wildman–Crippen MR) is 68.5 cm³/mol. The number of aromatic nitrogens is 1. The van der Waals surface area contributed by atoms with Gasteiger partial charge >= 0.3 is 0 Å². The van der Waals surface area contributed by atoms with Gasteiger partial charge in [0.15, 0.2) is 5.13 Å². The molecule has 0 bridgehead atoms. The Morgan fingerprint density at radius 3 is 2.82 bits per heavy atom. The quantitative estimate of drug-likeness (QED) is 0.832. The van der Waals surface area contributed by atoms with Crippen molar-refractivity contribution in [2.45, 2.75) is 11.8 Å². The molecule has 0 radical (unpaired) electrons. The largest absolute Gasteiger partial charge is 0.398 e. The Bertz CT molecular complexity index is 621. The van der Waals surface area contributed by atoms with Crippen LogP contribution in [0.4, 0.5) is 10.8 Å². The Kier molecular flexibility index (Phi) is 3.03. The maximum absolute atomic E-state index is 12.1. The third kappa shape index (κ3) is 2.40. The van der Waals surface area contributed by atoms with Crippen LogP contribution in [0.15, 0.2) is 34.7 Å². The summed E-state index contributed by atoms with van der Waals surface area (Å²) in [5.74, 6) is 0. The lowest BCUT2D eigenvalue weighted by atomic mass is 10.2. The fraction of sp³-hybridized carbons (Fsp3) is 0.100. The van der Waals surface area contributed by atoms with E-state index in [-0.39, 0.29) is 4.90 Å². The fourth-order valence-electron chi connectivity index (χ4n) is 1.37. The fourth-order valence-corrected chi connectivity index (χ4v) is 3.43. The summed E-state index contributed by atoms with van der Waals surface area (Å²) in [6, 6.07) is 4.79.